The van der Waals surface area contributed by atoms with Crippen LogP contribution in [-0.4, -0.2) is 19.2 Å². The van der Waals surface area contributed by atoms with Crippen LogP contribution >= 0.6 is 0 Å². The highest BCUT2D eigenvalue weighted by atomic mass is 32.2. The molecule has 0 aliphatic rings. The summed E-state index contributed by atoms with van der Waals surface area (Å²) >= 11 is 0. The van der Waals surface area contributed by atoms with Gasteiger partial charge in [-0.15, -0.1) is 0 Å². The summed E-state index contributed by atoms with van der Waals surface area (Å²) in [7, 11) is -3.74. The minimum Gasteiger partial charge on any atom is -0.443 e. The molecular formula is C15H12N2O4S. The van der Waals surface area contributed by atoms with E-state index in [4.69, 9.17) is 4.42 Å². The number of aromatic nitrogens is 1. The van der Waals surface area contributed by atoms with Crippen LogP contribution in [0.3, 0.4) is 0 Å². The maximum atomic E-state index is 12.3. The lowest BCUT2D eigenvalue weighted by molar-refractivity contribution is 0.101. The lowest BCUT2D eigenvalue weighted by Gasteiger charge is -2.08. The highest BCUT2D eigenvalue weighted by Gasteiger charge is 2.16. The number of nitrogens with one attached hydrogen (secondary N) is 1. The van der Waals surface area contributed by atoms with Gasteiger partial charge in [-0.05, 0) is 43.3 Å². The molecule has 0 saturated heterocycles. The molecule has 1 N–H and O–H groups in total. The maximum absolute atomic E-state index is 12.3. The Labute approximate surface area is 126 Å². The van der Waals surface area contributed by atoms with E-state index in [1.54, 1.807) is 30.3 Å². The van der Waals surface area contributed by atoms with Gasteiger partial charge in [-0.2, -0.15) is 0 Å². The van der Waals surface area contributed by atoms with E-state index in [2.05, 4.69) is 9.71 Å². The van der Waals surface area contributed by atoms with Gasteiger partial charge in [-0.25, -0.2) is 13.4 Å². The molecule has 6 nitrogen and oxygen atoms in total. The van der Waals surface area contributed by atoms with Crippen molar-refractivity contribution in [2.24, 2.45) is 0 Å². The lowest BCUT2D eigenvalue weighted by atomic mass is 10.1. The molecule has 1 aromatic heterocycles. The number of sulfonamides is 1. The van der Waals surface area contributed by atoms with Crippen molar-refractivity contribution >= 4 is 32.6 Å². The molecule has 22 heavy (non-hydrogen) atoms. The van der Waals surface area contributed by atoms with Crippen LogP contribution in [0.25, 0.3) is 11.1 Å². The summed E-state index contributed by atoms with van der Waals surface area (Å²) in [4.78, 5) is 15.2. The minimum atomic E-state index is -3.74. The molecule has 0 fully saturated rings. The summed E-state index contributed by atoms with van der Waals surface area (Å²) in [6.45, 7) is 1.45. The van der Waals surface area contributed by atoms with Crippen LogP contribution in [0.15, 0.2) is 58.2 Å². The average Bonchev–Trinajstić information content (AvgIpc) is 2.94. The molecule has 0 atom stereocenters. The monoisotopic (exact) mass is 316 g/mol. The number of nitrogens with zero attached hydrogens (tertiary/aromatic N) is 1. The van der Waals surface area contributed by atoms with Crippen molar-refractivity contribution in [2.75, 3.05) is 4.72 Å². The predicted molar refractivity (Wildman–Crippen MR) is 81.3 cm³/mol. The average molecular weight is 316 g/mol. The first-order valence-electron chi connectivity index (χ1n) is 6.43. The van der Waals surface area contributed by atoms with E-state index in [1.807, 2.05) is 0 Å². The van der Waals surface area contributed by atoms with Crippen LogP contribution in [0.4, 0.5) is 5.69 Å². The number of ketones is 1. The van der Waals surface area contributed by atoms with Gasteiger partial charge in [0.15, 0.2) is 17.8 Å². The number of rotatable bonds is 4. The third-order valence-corrected chi connectivity index (χ3v) is 4.54. The first kappa shape index (κ1) is 14.3. The fourth-order valence-corrected chi connectivity index (χ4v) is 3.06. The molecule has 0 spiro atoms. The van der Waals surface area contributed by atoms with E-state index in [1.165, 1.54) is 25.5 Å². The topological polar surface area (TPSA) is 89.3 Å². The summed E-state index contributed by atoms with van der Waals surface area (Å²) < 4.78 is 32.3. The van der Waals surface area contributed by atoms with E-state index >= 15 is 0 Å². The van der Waals surface area contributed by atoms with Gasteiger partial charge in [0.25, 0.3) is 10.0 Å². The predicted octanol–water partition coefficient (Wildman–Crippen LogP) is 2.83. The zero-order valence-corrected chi connectivity index (χ0v) is 12.4. The number of Topliss-reactive ketones (excluding diaryl/α,β-unsaturated/α-hetero) is 1. The van der Waals surface area contributed by atoms with E-state index in [9.17, 15) is 13.2 Å². The van der Waals surface area contributed by atoms with Gasteiger partial charge < -0.3 is 4.42 Å². The highest BCUT2D eigenvalue weighted by molar-refractivity contribution is 7.92. The Hall–Kier alpha value is -2.67. The van der Waals surface area contributed by atoms with E-state index < -0.39 is 10.0 Å². The number of carbonyl (C=O) groups excluding carboxylic acids is 1. The Balaban J connectivity index is 1.90. The van der Waals surface area contributed by atoms with Crippen LogP contribution < -0.4 is 4.72 Å². The Morgan fingerprint density at radius 1 is 1.14 bits per heavy atom. The Bertz CT molecular complexity index is 943. The van der Waals surface area contributed by atoms with Gasteiger partial charge in [-0.3, -0.25) is 9.52 Å². The lowest BCUT2D eigenvalue weighted by Crippen LogP contribution is -2.12. The normalized spacial score (nSPS) is 11.5. The van der Waals surface area contributed by atoms with Gasteiger partial charge in [-0.1, -0.05) is 0 Å². The van der Waals surface area contributed by atoms with E-state index in [0.717, 1.165) is 0 Å². The summed E-state index contributed by atoms with van der Waals surface area (Å²) in [6, 6.07) is 10.7. The number of anilines is 1. The summed E-state index contributed by atoms with van der Waals surface area (Å²) in [6.07, 6.45) is 1.26. The fraction of sp³-hybridized carbons (Fsp3) is 0.0667. The number of hydrogen-bond acceptors (Lipinski definition) is 5. The quantitative estimate of drug-likeness (QED) is 0.748. The standard InChI is InChI=1S/C15H12N2O4S/c1-10(18)11-2-4-12(5-3-11)17-22(19,20)13-6-7-14-15(8-13)21-9-16-14/h2-9,17H,1H3. The number of oxazole rings is 1. The molecular weight excluding hydrogens is 304 g/mol. The summed E-state index contributed by atoms with van der Waals surface area (Å²) in [5.74, 6) is -0.0785. The van der Waals surface area contributed by atoms with Crippen molar-refractivity contribution in [3.8, 4) is 0 Å². The molecule has 0 amide bonds. The molecule has 1 heterocycles. The zero-order chi connectivity index (χ0) is 15.7. The largest absolute Gasteiger partial charge is 0.443 e. The van der Waals surface area contributed by atoms with Crippen molar-refractivity contribution in [3.05, 3.63) is 54.4 Å². The van der Waals surface area contributed by atoms with Crippen LogP contribution in [0.1, 0.15) is 17.3 Å². The molecule has 0 saturated carbocycles. The van der Waals surface area contributed by atoms with Crippen LogP contribution in [0.5, 0.6) is 0 Å². The number of hydrogen-bond donors (Lipinski definition) is 1. The van der Waals surface area contributed by atoms with Crippen molar-refractivity contribution < 1.29 is 17.6 Å². The first-order valence-corrected chi connectivity index (χ1v) is 7.91. The molecule has 0 unspecified atom stereocenters. The van der Waals surface area contributed by atoms with Crippen molar-refractivity contribution in [1.82, 2.24) is 4.98 Å². The van der Waals surface area contributed by atoms with Crippen LogP contribution in [0.2, 0.25) is 0 Å². The Morgan fingerprint density at radius 2 is 1.86 bits per heavy atom. The fourth-order valence-electron chi connectivity index (χ4n) is 1.99. The molecule has 7 heteroatoms. The SMILES string of the molecule is CC(=O)c1ccc(NS(=O)(=O)c2ccc3ncoc3c2)cc1. The molecule has 112 valence electrons. The van der Waals surface area contributed by atoms with Gasteiger partial charge in [0, 0.05) is 17.3 Å². The molecule has 0 bridgehead atoms. The third kappa shape index (κ3) is 2.71. The molecule has 3 aromatic rings. The summed E-state index contributed by atoms with van der Waals surface area (Å²) in [5.41, 5.74) is 1.88. The molecule has 3 rings (SSSR count). The second kappa shape index (κ2) is 5.27. The Kier molecular flexibility index (Phi) is 3.42. The van der Waals surface area contributed by atoms with Crippen molar-refractivity contribution in [2.45, 2.75) is 11.8 Å². The minimum absolute atomic E-state index is 0.0763. The third-order valence-electron chi connectivity index (χ3n) is 3.16. The number of benzene rings is 2. The number of carbonyl (C=O) groups is 1. The van der Waals surface area contributed by atoms with Crippen LogP contribution in [0, 0.1) is 0 Å². The van der Waals surface area contributed by atoms with Gasteiger partial charge in [0.05, 0.1) is 4.90 Å². The van der Waals surface area contributed by atoms with Crippen molar-refractivity contribution in [3.63, 3.8) is 0 Å². The molecule has 0 aliphatic heterocycles. The Morgan fingerprint density at radius 3 is 2.55 bits per heavy atom. The van der Waals surface area contributed by atoms with Crippen molar-refractivity contribution in [1.29, 1.82) is 0 Å². The summed E-state index contributed by atoms with van der Waals surface area (Å²) in [5, 5.41) is 0. The van der Waals surface area contributed by atoms with Gasteiger partial charge >= 0.3 is 0 Å². The molecule has 2 aromatic carbocycles. The molecule has 0 aliphatic carbocycles. The second-order valence-electron chi connectivity index (χ2n) is 4.72. The van der Waals surface area contributed by atoms with Crippen LogP contribution in [-0.2, 0) is 10.0 Å². The number of fused-ring (bicyclic) bond motifs is 1. The van der Waals surface area contributed by atoms with Gasteiger partial charge in [0.2, 0.25) is 0 Å². The zero-order valence-electron chi connectivity index (χ0n) is 11.6. The molecule has 0 radical (unpaired) electrons. The maximum Gasteiger partial charge on any atom is 0.262 e. The van der Waals surface area contributed by atoms with E-state index in [0.29, 0.717) is 22.4 Å². The van der Waals surface area contributed by atoms with Gasteiger partial charge in [0.1, 0.15) is 5.52 Å². The second-order valence-corrected chi connectivity index (χ2v) is 6.40. The highest BCUT2D eigenvalue weighted by Crippen LogP contribution is 2.21. The first-order chi connectivity index (χ1) is 10.5. The smallest absolute Gasteiger partial charge is 0.262 e. The van der Waals surface area contributed by atoms with E-state index in [-0.39, 0.29) is 10.7 Å².